The van der Waals surface area contributed by atoms with Gasteiger partial charge in [0.25, 0.3) is 0 Å². The molecule has 2 unspecified atom stereocenters. The van der Waals surface area contributed by atoms with Crippen LogP contribution in [-0.4, -0.2) is 5.91 Å². The lowest BCUT2D eigenvalue weighted by Gasteiger charge is -2.06. The van der Waals surface area contributed by atoms with Gasteiger partial charge in [-0.2, -0.15) is 5.26 Å². The molecule has 2 rings (SSSR count). The first-order valence-electron chi connectivity index (χ1n) is 5.12. The van der Waals surface area contributed by atoms with Crippen molar-refractivity contribution >= 4 is 27.5 Å². The van der Waals surface area contributed by atoms with Crippen molar-refractivity contribution in [2.75, 3.05) is 5.32 Å². The minimum Gasteiger partial charge on any atom is -0.325 e. The monoisotopic (exact) mass is 278 g/mol. The van der Waals surface area contributed by atoms with Crippen LogP contribution in [0.3, 0.4) is 0 Å². The maximum atomic E-state index is 11.7. The van der Waals surface area contributed by atoms with Gasteiger partial charge in [-0.15, -0.1) is 0 Å². The molecule has 3 nitrogen and oxygen atoms in total. The molecular formula is C12H11BrN2O. The van der Waals surface area contributed by atoms with Gasteiger partial charge in [0.2, 0.25) is 5.91 Å². The molecule has 1 aromatic carbocycles. The predicted octanol–water partition coefficient (Wildman–Crippen LogP) is 2.92. The summed E-state index contributed by atoms with van der Waals surface area (Å²) in [6.07, 6.45) is 0.946. The molecule has 0 spiro atoms. The van der Waals surface area contributed by atoms with E-state index in [4.69, 9.17) is 5.26 Å². The van der Waals surface area contributed by atoms with Crippen molar-refractivity contribution in [1.29, 1.82) is 5.26 Å². The molecule has 0 aliphatic heterocycles. The Kier molecular flexibility index (Phi) is 2.97. The molecule has 0 aromatic heterocycles. The van der Waals surface area contributed by atoms with E-state index in [0.717, 1.165) is 10.9 Å². The minimum absolute atomic E-state index is 0.0158. The van der Waals surface area contributed by atoms with Gasteiger partial charge >= 0.3 is 0 Å². The smallest absolute Gasteiger partial charge is 0.227 e. The number of benzene rings is 1. The molecule has 0 heterocycles. The highest BCUT2D eigenvalue weighted by Gasteiger charge is 2.39. The number of carbonyl (C=O) groups excluding carboxylic acids is 1. The van der Waals surface area contributed by atoms with Crippen molar-refractivity contribution in [3.8, 4) is 6.07 Å². The number of rotatable bonds is 2. The van der Waals surface area contributed by atoms with Crippen LogP contribution in [0, 0.1) is 23.2 Å². The summed E-state index contributed by atoms with van der Waals surface area (Å²) in [5.41, 5.74) is 1.07. The lowest BCUT2D eigenvalue weighted by Crippen LogP contribution is -2.15. The zero-order valence-corrected chi connectivity index (χ0v) is 10.4. The van der Waals surface area contributed by atoms with E-state index in [2.05, 4.69) is 34.2 Å². The van der Waals surface area contributed by atoms with Gasteiger partial charge < -0.3 is 5.32 Å². The quantitative estimate of drug-likeness (QED) is 0.904. The molecule has 1 aliphatic carbocycles. The van der Waals surface area contributed by atoms with Gasteiger partial charge in [0.1, 0.15) is 6.07 Å². The zero-order chi connectivity index (χ0) is 11.7. The van der Waals surface area contributed by atoms with E-state index in [-0.39, 0.29) is 11.8 Å². The van der Waals surface area contributed by atoms with E-state index in [1.165, 1.54) is 0 Å². The highest BCUT2D eigenvalue weighted by Crippen LogP contribution is 2.38. The highest BCUT2D eigenvalue weighted by molar-refractivity contribution is 9.10. The fourth-order valence-corrected chi connectivity index (χ4v) is 1.99. The molecule has 0 radical (unpaired) electrons. The lowest BCUT2D eigenvalue weighted by atomic mass is 10.2. The van der Waals surface area contributed by atoms with Gasteiger partial charge in [0.15, 0.2) is 0 Å². The van der Waals surface area contributed by atoms with E-state index in [0.29, 0.717) is 17.2 Å². The third-order valence-electron chi connectivity index (χ3n) is 2.81. The number of nitrogens with one attached hydrogen (secondary N) is 1. The Bertz CT molecular complexity index is 478. The largest absolute Gasteiger partial charge is 0.325 e. The van der Waals surface area contributed by atoms with Crippen LogP contribution in [0.1, 0.15) is 18.9 Å². The third kappa shape index (κ3) is 2.25. The molecule has 1 saturated carbocycles. The maximum absolute atomic E-state index is 11.7. The molecule has 1 aromatic rings. The van der Waals surface area contributed by atoms with Crippen LogP contribution in [-0.2, 0) is 4.79 Å². The summed E-state index contributed by atoms with van der Waals surface area (Å²) in [5.74, 6) is 0.602. The lowest BCUT2D eigenvalue weighted by molar-refractivity contribution is -0.117. The van der Waals surface area contributed by atoms with Crippen LogP contribution in [0.4, 0.5) is 5.69 Å². The van der Waals surface area contributed by atoms with E-state index in [1.807, 2.05) is 0 Å². The fraction of sp³-hybridized carbons (Fsp3) is 0.333. The third-order valence-corrected chi connectivity index (χ3v) is 3.30. The maximum Gasteiger partial charge on any atom is 0.227 e. The van der Waals surface area contributed by atoms with Crippen molar-refractivity contribution in [3.63, 3.8) is 0 Å². The molecular weight excluding hydrogens is 268 g/mol. The predicted molar refractivity (Wildman–Crippen MR) is 64.8 cm³/mol. The van der Waals surface area contributed by atoms with E-state index in [1.54, 1.807) is 18.2 Å². The van der Waals surface area contributed by atoms with Crippen molar-refractivity contribution in [3.05, 3.63) is 28.2 Å². The van der Waals surface area contributed by atoms with Gasteiger partial charge in [0.05, 0.1) is 11.3 Å². The van der Waals surface area contributed by atoms with Crippen molar-refractivity contribution in [2.24, 2.45) is 11.8 Å². The first-order valence-corrected chi connectivity index (χ1v) is 5.91. The van der Waals surface area contributed by atoms with Gasteiger partial charge in [-0.25, -0.2) is 0 Å². The number of hydrogen-bond acceptors (Lipinski definition) is 2. The number of nitrogens with zero attached hydrogens (tertiary/aromatic N) is 1. The molecule has 1 amide bonds. The van der Waals surface area contributed by atoms with Crippen LogP contribution < -0.4 is 5.32 Å². The van der Waals surface area contributed by atoms with Crippen LogP contribution in [0.5, 0.6) is 0 Å². The van der Waals surface area contributed by atoms with E-state index >= 15 is 0 Å². The van der Waals surface area contributed by atoms with Gasteiger partial charge in [-0.1, -0.05) is 22.9 Å². The minimum atomic E-state index is 0.0158. The summed E-state index contributed by atoms with van der Waals surface area (Å²) >= 11 is 3.32. The Balaban J connectivity index is 2.17. The molecule has 82 valence electrons. The average molecular weight is 279 g/mol. The highest BCUT2D eigenvalue weighted by atomic mass is 79.9. The van der Waals surface area contributed by atoms with E-state index in [9.17, 15) is 4.79 Å². The fourth-order valence-electron chi connectivity index (χ4n) is 1.63. The first-order chi connectivity index (χ1) is 7.61. The van der Waals surface area contributed by atoms with Gasteiger partial charge in [-0.05, 0) is 30.5 Å². The summed E-state index contributed by atoms with van der Waals surface area (Å²) in [5, 5.41) is 11.7. The summed E-state index contributed by atoms with van der Waals surface area (Å²) in [4.78, 5) is 11.7. The molecule has 1 N–H and O–H groups in total. The van der Waals surface area contributed by atoms with Crippen LogP contribution >= 0.6 is 15.9 Å². The Labute approximate surface area is 103 Å². The molecule has 1 fully saturated rings. The molecule has 4 heteroatoms. The SMILES string of the molecule is CC1CC1C(=O)Nc1cc(Br)ccc1C#N. The van der Waals surface area contributed by atoms with Crippen LogP contribution in [0.2, 0.25) is 0 Å². The second-order valence-electron chi connectivity index (χ2n) is 4.11. The number of carbonyl (C=O) groups is 1. The Hall–Kier alpha value is -1.34. The second kappa shape index (κ2) is 4.26. The summed E-state index contributed by atoms with van der Waals surface area (Å²) in [6.45, 7) is 2.05. The molecule has 2 atom stereocenters. The summed E-state index contributed by atoms with van der Waals surface area (Å²) in [6, 6.07) is 7.29. The standard InChI is InChI=1S/C12H11BrN2O/c1-7-4-10(7)12(16)15-11-5-9(13)3-2-8(11)6-14/h2-3,5,7,10H,4H2,1H3,(H,15,16). The number of amides is 1. The van der Waals surface area contributed by atoms with Crippen LogP contribution in [0.25, 0.3) is 0 Å². The Morgan fingerprint density at radius 1 is 1.62 bits per heavy atom. The zero-order valence-electron chi connectivity index (χ0n) is 8.83. The number of nitriles is 1. The number of anilines is 1. The molecule has 0 saturated heterocycles. The molecule has 1 aliphatic rings. The number of hydrogen-bond donors (Lipinski definition) is 1. The van der Waals surface area contributed by atoms with E-state index < -0.39 is 0 Å². The first kappa shape index (κ1) is 11.2. The summed E-state index contributed by atoms with van der Waals surface area (Å²) < 4.78 is 0.852. The number of halogens is 1. The van der Waals surface area contributed by atoms with Crippen molar-refractivity contribution < 1.29 is 4.79 Å². The van der Waals surface area contributed by atoms with Crippen molar-refractivity contribution in [2.45, 2.75) is 13.3 Å². The average Bonchev–Trinajstić information content (AvgIpc) is 2.96. The Morgan fingerprint density at radius 3 is 2.88 bits per heavy atom. The van der Waals surface area contributed by atoms with Gasteiger partial charge in [-0.3, -0.25) is 4.79 Å². The molecule has 0 bridgehead atoms. The summed E-state index contributed by atoms with van der Waals surface area (Å²) in [7, 11) is 0. The topological polar surface area (TPSA) is 52.9 Å². The second-order valence-corrected chi connectivity index (χ2v) is 5.03. The van der Waals surface area contributed by atoms with Gasteiger partial charge in [0, 0.05) is 10.4 Å². The van der Waals surface area contributed by atoms with Crippen molar-refractivity contribution in [1.82, 2.24) is 0 Å². The molecule has 16 heavy (non-hydrogen) atoms. The normalized spacial score (nSPS) is 22.3. The Morgan fingerprint density at radius 2 is 2.31 bits per heavy atom. The van der Waals surface area contributed by atoms with Crippen LogP contribution in [0.15, 0.2) is 22.7 Å².